The highest BCUT2D eigenvalue weighted by atomic mass is 79.9. The fourth-order valence-electron chi connectivity index (χ4n) is 1.53. The van der Waals surface area contributed by atoms with Crippen LogP contribution in [-0.2, 0) is 4.79 Å². The molecule has 102 valence electrons. The number of carbonyl (C=O) groups is 1. The average Bonchev–Trinajstić information content (AvgIpc) is 2.37. The lowest BCUT2D eigenvalue weighted by atomic mass is 10.2. The summed E-state index contributed by atoms with van der Waals surface area (Å²) in [6.45, 7) is 0. The minimum absolute atomic E-state index is 0.426. The summed E-state index contributed by atoms with van der Waals surface area (Å²) >= 11 is 9.44. The molecule has 0 bridgehead atoms. The SMILES string of the molecule is O=C(O)/C=C/c1ccc(Oc2cccc(Br)c2)cc1Cl. The van der Waals surface area contributed by atoms with E-state index in [-0.39, 0.29) is 0 Å². The Morgan fingerprint density at radius 2 is 1.95 bits per heavy atom. The lowest BCUT2D eigenvalue weighted by Gasteiger charge is -2.07. The van der Waals surface area contributed by atoms with E-state index in [9.17, 15) is 4.79 Å². The zero-order valence-electron chi connectivity index (χ0n) is 10.2. The van der Waals surface area contributed by atoms with Crippen LogP contribution in [-0.4, -0.2) is 11.1 Å². The molecule has 0 fully saturated rings. The van der Waals surface area contributed by atoms with Gasteiger partial charge in [-0.05, 0) is 48.0 Å². The second-order valence-corrected chi connectivity index (χ2v) is 5.24. The zero-order chi connectivity index (χ0) is 14.5. The number of carboxylic acid groups (broad SMARTS) is 1. The largest absolute Gasteiger partial charge is 0.478 e. The Morgan fingerprint density at radius 1 is 1.20 bits per heavy atom. The summed E-state index contributed by atoms with van der Waals surface area (Å²) in [6, 6.07) is 12.5. The van der Waals surface area contributed by atoms with Crippen LogP contribution in [0.1, 0.15) is 5.56 Å². The molecule has 0 aliphatic carbocycles. The summed E-state index contributed by atoms with van der Waals surface area (Å²) in [5.41, 5.74) is 0.621. The van der Waals surface area contributed by atoms with E-state index < -0.39 is 5.97 Å². The molecule has 0 aliphatic heterocycles. The predicted molar refractivity (Wildman–Crippen MR) is 82.3 cm³/mol. The van der Waals surface area contributed by atoms with Crippen LogP contribution in [0.25, 0.3) is 6.08 Å². The molecule has 0 atom stereocenters. The number of carboxylic acids is 1. The average molecular weight is 354 g/mol. The molecule has 3 nitrogen and oxygen atoms in total. The van der Waals surface area contributed by atoms with Crippen LogP contribution in [0.5, 0.6) is 11.5 Å². The van der Waals surface area contributed by atoms with Crippen LogP contribution >= 0.6 is 27.5 Å². The van der Waals surface area contributed by atoms with Gasteiger partial charge in [0.2, 0.25) is 0 Å². The van der Waals surface area contributed by atoms with Gasteiger partial charge in [-0.15, -0.1) is 0 Å². The first kappa shape index (κ1) is 14.6. The molecule has 0 aliphatic rings. The van der Waals surface area contributed by atoms with Crippen LogP contribution in [0.4, 0.5) is 0 Å². The monoisotopic (exact) mass is 352 g/mol. The molecule has 2 aromatic rings. The highest BCUT2D eigenvalue weighted by Gasteiger charge is 2.03. The van der Waals surface area contributed by atoms with Gasteiger partial charge in [-0.3, -0.25) is 0 Å². The first-order valence-corrected chi connectivity index (χ1v) is 6.85. The number of benzene rings is 2. The van der Waals surface area contributed by atoms with Crippen molar-refractivity contribution in [3.8, 4) is 11.5 Å². The van der Waals surface area contributed by atoms with Gasteiger partial charge in [0.05, 0.1) is 5.02 Å². The van der Waals surface area contributed by atoms with Gasteiger partial charge in [0.15, 0.2) is 0 Å². The van der Waals surface area contributed by atoms with Crippen molar-refractivity contribution in [2.45, 2.75) is 0 Å². The van der Waals surface area contributed by atoms with E-state index >= 15 is 0 Å². The first-order valence-electron chi connectivity index (χ1n) is 5.68. The molecule has 0 unspecified atom stereocenters. The fraction of sp³-hybridized carbons (Fsp3) is 0. The second-order valence-electron chi connectivity index (χ2n) is 3.91. The Labute approximate surface area is 129 Å². The molecule has 1 N–H and O–H groups in total. The summed E-state index contributed by atoms with van der Waals surface area (Å²) in [6.07, 6.45) is 2.48. The normalized spacial score (nSPS) is 10.7. The van der Waals surface area contributed by atoms with Crippen molar-refractivity contribution < 1.29 is 14.6 Å². The Kier molecular flexibility index (Phi) is 4.82. The standard InChI is InChI=1S/C15H10BrClO3/c16-11-2-1-3-12(8-11)20-13-6-4-10(14(17)9-13)5-7-15(18)19/h1-9H,(H,18,19)/b7-5+. The molecule has 0 radical (unpaired) electrons. The van der Waals surface area contributed by atoms with Crippen LogP contribution in [0.15, 0.2) is 53.0 Å². The Hall–Kier alpha value is -1.78. The number of ether oxygens (including phenoxy) is 1. The van der Waals surface area contributed by atoms with Crippen molar-refractivity contribution in [3.05, 3.63) is 63.6 Å². The highest BCUT2D eigenvalue weighted by Crippen LogP contribution is 2.28. The first-order chi connectivity index (χ1) is 9.54. The van der Waals surface area contributed by atoms with Crippen LogP contribution in [0, 0.1) is 0 Å². The van der Waals surface area contributed by atoms with Gasteiger partial charge in [-0.1, -0.05) is 33.6 Å². The van der Waals surface area contributed by atoms with Gasteiger partial charge in [0.25, 0.3) is 0 Å². The molecule has 5 heteroatoms. The topological polar surface area (TPSA) is 46.5 Å². The van der Waals surface area contributed by atoms with E-state index in [1.807, 2.05) is 24.3 Å². The quantitative estimate of drug-likeness (QED) is 0.787. The fourth-order valence-corrected chi connectivity index (χ4v) is 2.15. The maximum absolute atomic E-state index is 10.5. The van der Waals surface area contributed by atoms with E-state index in [1.54, 1.807) is 18.2 Å². The van der Waals surface area contributed by atoms with E-state index in [0.717, 1.165) is 10.5 Å². The Morgan fingerprint density at radius 3 is 2.60 bits per heavy atom. The van der Waals surface area contributed by atoms with Crippen molar-refractivity contribution in [1.82, 2.24) is 0 Å². The number of aliphatic carboxylic acids is 1. The number of hydrogen-bond acceptors (Lipinski definition) is 2. The maximum Gasteiger partial charge on any atom is 0.328 e. The van der Waals surface area contributed by atoms with Gasteiger partial charge in [-0.25, -0.2) is 4.79 Å². The van der Waals surface area contributed by atoms with Crippen molar-refractivity contribution in [1.29, 1.82) is 0 Å². The summed E-state index contributed by atoms with van der Waals surface area (Å²) in [4.78, 5) is 10.5. The molecule has 0 heterocycles. The molecule has 0 aromatic heterocycles. The Bertz CT molecular complexity index is 668. The molecule has 2 aromatic carbocycles. The smallest absolute Gasteiger partial charge is 0.328 e. The van der Waals surface area contributed by atoms with Gasteiger partial charge < -0.3 is 9.84 Å². The van der Waals surface area contributed by atoms with Crippen LogP contribution in [0.2, 0.25) is 5.02 Å². The van der Waals surface area contributed by atoms with Gasteiger partial charge in [0, 0.05) is 10.5 Å². The predicted octanol–water partition coefficient (Wildman–Crippen LogP) is 4.99. The number of halogens is 2. The second kappa shape index (κ2) is 6.59. The van der Waals surface area contributed by atoms with Crippen LogP contribution < -0.4 is 4.74 Å². The van der Waals surface area contributed by atoms with Crippen molar-refractivity contribution in [2.75, 3.05) is 0 Å². The lowest BCUT2D eigenvalue weighted by molar-refractivity contribution is -0.131. The van der Waals surface area contributed by atoms with Crippen molar-refractivity contribution in [3.63, 3.8) is 0 Å². The summed E-state index contributed by atoms with van der Waals surface area (Å²) in [5.74, 6) is 0.250. The zero-order valence-corrected chi connectivity index (χ0v) is 12.6. The van der Waals surface area contributed by atoms with Crippen molar-refractivity contribution >= 4 is 39.6 Å². The van der Waals surface area contributed by atoms with E-state index in [2.05, 4.69) is 15.9 Å². The molecule has 0 saturated carbocycles. The molecular weight excluding hydrogens is 344 g/mol. The summed E-state index contributed by atoms with van der Waals surface area (Å²) in [5, 5.41) is 9.01. The molecule has 0 spiro atoms. The summed E-state index contributed by atoms with van der Waals surface area (Å²) in [7, 11) is 0. The molecule has 0 saturated heterocycles. The van der Waals surface area contributed by atoms with E-state index in [4.69, 9.17) is 21.4 Å². The molecular formula is C15H10BrClO3. The third-order valence-corrected chi connectivity index (χ3v) is 3.23. The minimum atomic E-state index is -1.02. The highest BCUT2D eigenvalue weighted by molar-refractivity contribution is 9.10. The maximum atomic E-state index is 10.5. The van der Waals surface area contributed by atoms with Crippen LogP contribution in [0.3, 0.4) is 0 Å². The minimum Gasteiger partial charge on any atom is -0.478 e. The van der Waals surface area contributed by atoms with E-state index in [0.29, 0.717) is 22.1 Å². The van der Waals surface area contributed by atoms with Crippen molar-refractivity contribution in [2.24, 2.45) is 0 Å². The number of rotatable bonds is 4. The molecule has 20 heavy (non-hydrogen) atoms. The third-order valence-electron chi connectivity index (χ3n) is 2.41. The van der Waals surface area contributed by atoms with Gasteiger partial charge in [0.1, 0.15) is 11.5 Å². The lowest BCUT2D eigenvalue weighted by Crippen LogP contribution is -1.87. The number of hydrogen-bond donors (Lipinski definition) is 1. The molecule has 0 amide bonds. The summed E-state index contributed by atoms with van der Waals surface area (Å²) < 4.78 is 6.58. The third kappa shape index (κ3) is 4.11. The molecule has 2 rings (SSSR count). The Balaban J connectivity index is 2.19. The van der Waals surface area contributed by atoms with Gasteiger partial charge in [-0.2, -0.15) is 0 Å². The van der Waals surface area contributed by atoms with Gasteiger partial charge >= 0.3 is 5.97 Å². The van der Waals surface area contributed by atoms with E-state index in [1.165, 1.54) is 6.08 Å².